The third-order valence-electron chi connectivity index (χ3n) is 2.67. The van der Waals surface area contributed by atoms with Crippen LogP contribution in [0.15, 0.2) is 22.7 Å². The Bertz CT molecular complexity index is 394. The second kappa shape index (κ2) is 3.77. The van der Waals surface area contributed by atoms with Gasteiger partial charge in [0.15, 0.2) is 0 Å². The van der Waals surface area contributed by atoms with Crippen molar-refractivity contribution in [2.75, 3.05) is 7.11 Å². The molecule has 2 rings (SSSR count). The van der Waals surface area contributed by atoms with Crippen LogP contribution in [0.3, 0.4) is 0 Å². The molecule has 1 aromatic carbocycles. The van der Waals surface area contributed by atoms with Crippen LogP contribution in [-0.2, 0) is 6.42 Å². The maximum absolute atomic E-state index is 5.25. The van der Waals surface area contributed by atoms with E-state index in [1.54, 1.807) is 7.11 Å². The average Bonchev–Trinajstić information content (AvgIpc) is 2.19. The molecule has 0 unspecified atom stereocenters. The van der Waals surface area contributed by atoms with Crippen LogP contribution >= 0.6 is 15.9 Å². The molecule has 0 aromatic heterocycles. The SMILES string of the molecule is COc1cc(Br)c2c(c1)C(C)=CCC2. The van der Waals surface area contributed by atoms with E-state index in [4.69, 9.17) is 4.74 Å². The summed E-state index contributed by atoms with van der Waals surface area (Å²) in [6.07, 6.45) is 4.55. The Kier molecular flexibility index (Phi) is 2.64. The molecule has 14 heavy (non-hydrogen) atoms. The number of fused-ring (bicyclic) bond motifs is 1. The van der Waals surface area contributed by atoms with Crippen LogP contribution < -0.4 is 4.74 Å². The van der Waals surface area contributed by atoms with Crippen molar-refractivity contribution < 1.29 is 4.74 Å². The van der Waals surface area contributed by atoms with Gasteiger partial charge in [-0.1, -0.05) is 22.0 Å². The fourth-order valence-electron chi connectivity index (χ4n) is 1.88. The van der Waals surface area contributed by atoms with Crippen LogP contribution in [0.5, 0.6) is 5.75 Å². The molecular formula is C12H13BrO. The van der Waals surface area contributed by atoms with Crippen LogP contribution in [0, 0.1) is 0 Å². The van der Waals surface area contributed by atoms with Gasteiger partial charge in [0.2, 0.25) is 0 Å². The first kappa shape index (κ1) is 9.78. The third-order valence-corrected chi connectivity index (χ3v) is 3.38. The maximum atomic E-state index is 5.25. The van der Waals surface area contributed by atoms with E-state index in [2.05, 4.69) is 35.0 Å². The van der Waals surface area contributed by atoms with E-state index in [9.17, 15) is 0 Å². The second-order valence-electron chi connectivity index (χ2n) is 3.56. The molecule has 0 heterocycles. The van der Waals surface area contributed by atoms with Crippen molar-refractivity contribution in [1.82, 2.24) is 0 Å². The molecular weight excluding hydrogens is 240 g/mol. The van der Waals surface area contributed by atoms with E-state index in [1.807, 2.05) is 6.07 Å². The molecule has 1 aliphatic rings. The zero-order valence-corrected chi connectivity index (χ0v) is 10.0. The summed E-state index contributed by atoms with van der Waals surface area (Å²) >= 11 is 3.59. The summed E-state index contributed by atoms with van der Waals surface area (Å²) in [6.45, 7) is 2.16. The summed E-state index contributed by atoms with van der Waals surface area (Å²) in [7, 11) is 1.70. The Morgan fingerprint density at radius 2 is 2.14 bits per heavy atom. The second-order valence-corrected chi connectivity index (χ2v) is 4.42. The topological polar surface area (TPSA) is 9.23 Å². The molecule has 0 radical (unpaired) electrons. The summed E-state index contributed by atoms with van der Waals surface area (Å²) in [4.78, 5) is 0. The van der Waals surface area contributed by atoms with Crippen LogP contribution in [-0.4, -0.2) is 7.11 Å². The Morgan fingerprint density at radius 3 is 2.86 bits per heavy atom. The van der Waals surface area contributed by atoms with Gasteiger partial charge in [0.05, 0.1) is 7.11 Å². The van der Waals surface area contributed by atoms with Gasteiger partial charge < -0.3 is 4.74 Å². The summed E-state index contributed by atoms with van der Waals surface area (Å²) in [5, 5.41) is 0. The summed E-state index contributed by atoms with van der Waals surface area (Å²) in [5.74, 6) is 0.922. The smallest absolute Gasteiger partial charge is 0.120 e. The van der Waals surface area contributed by atoms with Crippen molar-refractivity contribution in [2.45, 2.75) is 19.8 Å². The minimum Gasteiger partial charge on any atom is -0.497 e. The molecule has 0 atom stereocenters. The van der Waals surface area contributed by atoms with Crippen molar-refractivity contribution >= 4 is 21.5 Å². The van der Waals surface area contributed by atoms with Crippen LogP contribution in [0.4, 0.5) is 0 Å². The number of ether oxygens (including phenoxy) is 1. The number of methoxy groups -OCH3 is 1. The number of benzene rings is 1. The molecule has 0 N–H and O–H groups in total. The molecule has 0 spiro atoms. The van der Waals surface area contributed by atoms with Crippen LogP contribution in [0.1, 0.15) is 24.5 Å². The normalized spacial score (nSPS) is 14.6. The number of allylic oxidation sites excluding steroid dienone is 2. The summed E-state index contributed by atoms with van der Waals surface area (Å²) < 4.78 is 6.42. The molecule has 0 fully saturated rings. The third kappa shape index (κ3) is 1.59. The first-order valence-electron chi connectivity index (χ1n) is 4.76. The van der Waals surface area contributed by atoms with Gasteiger partial charge in [0, 0.05) is 4.47 Å². The highest BCUT2D eigenvalue weighted by Gasteiger charge is 2.13. The summed E-state index contributed by atoms with van der Waals surface area (Å²) in [6, 6.07) is 4.16. The quantitative estimate of drug-likeness (QED) is 0.739. The van der Waals surface area contributed by atoms with Crippen molar-refractivity contribution in [3.8, 4) is 5.75 Å². The van der Waals surface area contributed by atoms with Crippen LogP contribution in [0.25, 0.3) is 5.57 Å². The molecule has 0 saturated carbocycles. The molecule has 74 valence electrons. The van der Waals surface area contributed by atoms with Crippen LogP contribution in [0.2, 0.25) is 0 Å². The fourth-order valence-corrected chi connectivity index (χ4v) is 2.52. The van der Waals surface area contributed by atoms with Gasteiger partial charge in [-0.05, 0) is 48.6 Å². The number of hydrogen-bond acceptors (Lipinski definition) is 1. The highest BCUT2D eigenvalue weighted by atomic mass is 79.9. The van der Waals surface area contributed by atoms with Crippen molar-refractivity contribution in [1.29, 1.82) is 0 Å². The largest absolute Gasteiger partial charge is 0.497 e. The Balaban J connectivity index is 2.60. The predicted molar refractivity (Wildman–Crippen MR) is 62.7 cm³/mol. The highest BCUT2D eigenvalue weighted by molar-refractivity contribution is 9.10. The lowest BCUT2D eigenvalue weighted by Crippen LogP contribution is -2.00. The Labute approximate surface area is 92.9 Å². The van der Waals surface area contributed by atoms with Gasteiger partial charge in [-0.15, -0.1) is 0 Å². The minimum atomic E-state index is 0.922. The molecule has 1 nitrogen and oxygen atoms in total. The monoisotopic (exact) mass is 252 g/mol. The standard InChI is InChI=1S/C12H13BrO/c1-8-4-3-5-10-11(8)6-9(14-2)7-12(10)13/h4,6-7H,3,5H2,1-2H3. The van der Waals surface area contributed by atoms with Gasteiger partial charge in [-0.3, -0.25) is 0 Å². The van der Waals surface area contributed by atoms with Crippen molar-refractivity contribution in [3.63, 3.8) is 0 Å². The van der Waals surface area contributed by atoms with E-state index in [-0.39, 0.29) is 0 Å². The fraction of sp³-hybridized carbons (Fsp3) is 0.333. The Morgan fingerprint density at radius 1 is 1.36 bits per heavy atom. The molecule has 2 heteroatoms. The van der Waals surface area contributed by atoms with Gasteiger partial charge in [0.1, 0.15) is 5.75 Å². The van der Waals surface area contributed by atoms with Gasteiger partial charge in [0.25, 0.3) is 0 Å². The maximum Gasteiger partial charge on any atom is 0.120 e. The van der Waals surface area contributed by atoms with E-state index in [0.29, 0.717) is 0 Å². The van der Waals surface area contributed by atoms with E-state index in [0.717, 1.165) is 18.6 Å². The minimum absolute atomic E-state index is 0.922. The molecule has 1 aliphatic carbocycles. The first-order chi connectivity index (χ1) is 6.72. The predicted octanol–water partition coefficient (Wildman–Crippen LogP) is 3.81. The zero-order valence-electron chi connectivity index (χ0n) is 8.43. The van der Waals surface area contributed by atoms with Crippen molar-refractivity contribution in [2.24, 2.45) is 0 Å². The summed E-state index contributed by atoms with van der Waals surface area (Å²) in [5.41, 5.74) is 4.08. The van der Waals surface area contributed by atoms with E-state index >= 15 is 0 Å². The van der Waals surface area contributed by atoms with E-state index < -0.39 is 0 Å². The molecule has 1 aromatic rings. The van der Waals surface area contributed by atoms with E-state index in [1.165, 1.54) is 21.2 Å². The van der Waals surface area contributed by atoms with Gasteiger partial charge in [-0.2, -0.15) is 0 Å². The average molecular weight is 253 g/mol. The first-order valence-corrected chi connectivity index (χ1v) is 5.55. The molecule has 0 amide bonds. The molecule has 0 bridgehead atoms. The molecule has 0 aliphatic heterocycles. The van der Waals surface area contributed by atoms with Gasteiger partial charge >= 0.3 is 0 Å². The number of halogens is 1. The van der Waals surface area contributed by atoms with Gasteiger partial charge in [-0.25, -0.2) is 0 Å². The lowest BCUT2D eigenvalue weighted by molar-refractivity contribution is 0.414. The Hall–Kier alpha value is -0.760. The zero-order chi connectivity index (χ0) is 10.1. The number of rotatable bonds is 1. The molecule has 0 saturated heterocycles. The highest BCUT2D eigenvalue weighted by Crippen LogP contribution is 2.34. The lowest BCUT2D eigenvalue weighted by atomic mass is 9.91. The lowest BCUT2D eigenvalue weighted by Gasteiger charge is -2.17. The van der Waals surface area contributed by atoms with Crippen molar-refractivity contribution in [3.05, 3.63) is 33.8 Å². The number of hydrogen-bond donors (Lipinski definition) is 0.